The average Bonchev–Trinajstić information content (AvgIpc) is 2.06. The maximum Gasteiger partial charge on any atom is 0.0265 e. The van der Waals surface area contributed by atoms with E-state index in [1.54, 1.807) is 0 Å². The molecule has 0 aromatic heterocycles. The van der Waals surface area contributed by atoms with Gasteiger partial charge in [-0.3, -0.25) is 0 Å². The maximum absolute atomic E-state index is 3.53. The molecule has 0 saturated carbocycles. The van der Waals surface area contributed by atoms with E-state index < -0.39 is 0 Å². The highest BCUT2D eigenvalue weighted by Gasteiger charge is 2.00. The van der Waals surface area contributed by atoms with Crippen LogP contribution in [0.1, 0.15) is 0 Å². The first-order valence-electron chi connectivity index (χ1n) is 3.71. The Labute approximate surface area is 102 Å². The summed E-state index contributed by atoms with van der Waals surface area (Å²) < 4.78 is 3.30. The van der Waals surface area contributed by atoms with Crippen molar-refractivity contribution in [1.82, 2.24) is 0 Å². The van der Waals surface area contributed by atoms with Gasteiger partial charge in [0, 0.05) is 13.4 Å². The Hall–Kier alpha value is 0.140. The van der Waals surface area contributed by atoms with Gasteiger partial charge in [0.15, 0.2) is 0 Å². The summed E-state index contributed by atoms with van der Waals surface area (Å²) in [6, 6.07) is 10.4. The van der Waals surface area contributed by atoms with Crippen LogP contribution in [0.2, 0.25) is 0 Å². The minimum Gasteiger partial charge on any atom is -0.0532 e. The quantitative estimate of drug-likeness (QED) is 0.608. The van der Waals surface area contributed by atoms with Gasteiger partial charge < -0.3 is 0 Å². The molecule has 0 bridgehead atoms. The molecule has 0 spiro atoms. The van der Waals surface area contributed by atoms with Gasteiger partial charge >= 0.3 is 0 Å². The molecule has 2 aromatic rings. The molecule has 0 unspecified atom stereocenters. The van der Waals surface area contributed by atoms with Crippen molar-refractivity contribution < 1.29 is 0 Å². The van der Waals surface area contributed by atoms with E-state index in [1.807, 2.05) is 6.07 Å². The van der Waals surface area contributed by atoms with E-state index >= 15 is 0 Å². The van der Waals surface area contributed by atoms with Crippen molar-refractivity contribution in [3.8, 4) is 0 Å². The van der Waals surface area contributed by atoms with Gasteiger partial charge in [-0.05, 0) is 35.0 Å². The molecule has 0 aliphatic heterocycles. The first-order chi connectivity index (χ1) is 6.16. The zero-order chi connectivity index (χ0) is 9.42. The van der Waals surface area contributed by atoms with Crippen molar-refractivity contribution in [3.63, 3.8) is 0 Å². The van der Waals surface area contributed by atoms with Crippen LogP contribution in [-0.4, -0.2) is 0 Å². The summed E-state index contributed by atoms with van der Waals surface area (Å²) in [6.07, 6.45) is 0. The number of benzene rings is 2. The minimum atomic E-state index is 1.09. The summed E-state index contributed by atoms with van der Waals surface area (Å²) in [5.74, 6) is 0. The first-order valence-corrected chi connectivity index (χ1v) is 6.09. The fourth-order valence-corrected chi connectivity index (χ4v) is 2.98. The Bertz CT molecular complexity index is 463. The standard InChI is InChI=1S/C10H5Br3/c11-7-2-1-6-3-8(12)5-10(13)9(6)4-7/h1-5H. The highest BCUT2D eigenvalue weighted by Crippen LogP contribution is 2.30. The van der Waals surface area contributed by atoms with E-state index in [1.165, 1.54) is 10.8 Å². The largest absolute Gasteiger partial charge is 0.0532 e. The Morgan fingerprint density at radius 1 is 0.769 bits per heavy atom. The fraction of sp³-hybridized carbons (Fsp3) is 0. The third kappa shape index (κ3) is 1.97. The molecule has 66 valence electrons. The van der Waals surface area contributed by atoms with Crippen LogP contribution in [0.25, 0.3) is 10.8 Å². The Balaban J connectivity index is 2.87. The van der Waals surface area contributed by atoms with Crippen molar-refractivity contribution in [2.75, 3.05) is 0 Å². The minimum absolute atomic E-state index is 1.09. The highest BCUT2D eigenvalue weighted by molar-refractivity contribution is 9.11. The van der Waals surface area contributed by atoms with Gasteiger partial charge in [-0.15, -0.1) is 0 Å². The molecular weight excluding hydrogens is 360 g/mol. The van der Waals surface area contributed by atoms with E-state index in [0.29, 0.717) is 0 Å². The van der Waals surface area contributed by atoms with E-state index in [2.05, 4.69) is 72.1 Å². The Morgan fingerprint density at radius 2 is 1.54 bits per heavy atom. The number of rotatable bonds is 0. The van der Waals surface area contributed by atoms with E-state index in [4.69, 9.17) is 0 Å². The molecule has 0 fully saturated rings. The van der Waals surface area contributed by atoms with Crippen LogP contribution in [0.15, 0.2) is 43.7 Å². The van der Waals surface area contributed by atoms with Gasteiger partial charge in [-0.25, -0.2) is 0 Å². The molecule has 0 saturated heterocycles. The maximum atomic E-state index is 3.53. The lowest BCUT2D eigenvalue weighted by Crippen LogP contribution is -1.75. The zero-order valence-corrected chi connectivity index (χ0v) is 11.3. The average molecular weight is 365 g/mol. The Morgan fingerprint density at radius 3 is 2.31 bits per heavy atom. The van der Waals surface area contributed by atoms with Crippen LogP contribution in [0.5, 0.6) is 0 Å². The molecule has 0 heterocycles. The summed E-state index contributed by atoms with van der Waals surface area (Å²) in [5, 5.41) is 2.45. The summed E-state index contributed by atoms with van der Waals surface area (Å²) in [4.78, 5) is 0. The second-order valence-corrected chi connectivity index (χ2v) is 5.44. The van der Waals surface area contributed by atoms with Crippen LogP contribution in [0.3, 0.4) is 0 Å². The van der Waals surface area contributed by atoms with E-state index in [0.717, 1.165) is 13.4 Å². The molecule has 3 heteroatoms. The third-order valence-corrected chi connectivity index (χ3v) is 3.44. The predicted molar refractivity (Wildman–Crippen MR) is 67.0 cm³/mol. The van der Waals surface area contributed by atoms with Crippen molar-refractivity contribution >= 4 is 58.6 Å². The van der Waals surface area contributed by atoms with E-state index in [-0.39, 0.29) is 0 Å². The van der Waals surface area contributed by atoms with Crippen molar-refractivity contribution in [2.24, 2.45) is 0 Å². The first kappa shape index (κ1) is 9.69. The second-order valence-electron chi connectivity index (χ2n) is 2.75. The van der Waals surface area contributed by atoms with Gasteiger partial charge in [0.05, 0.1) is 0 Å². The van der Waals surface area contributed by atoms with Gasteiger partial charge in [-0.1, -0.05) is 53.9 Å². The van der Waals surface area contributed by atoms with Gasteiger partial charge in [0.1, 0.15) is 0 Å². The molecule has 0 radical (unpaired) electrons. The smallest absolute Gasteiger partial charge is 0.0265 e. The lowest BCUT2D eigenvalue weighted by molar-refractivity contribution is 1.64. The summed E-state index contributed by atoms with van der Waals surface area (Å²) >= 11 is 10.4. The van der Waals surface area contributed by atoms with Crippen LogP contribution < -0.4 is 0 Å². The summed E-state index contributed by atoms with van der Waals surface area (Å²) in [7, 11) is 0. The van der Waals surface area contributed by atoms with Crippen molar-refractivity contribution in [2.45, 2.75) is 0 Å². The van der Waals surface area contributed by atoms with Gasteiger partial charge in [0.25, 0.3) is 0 Å². The molecule has 2 rings (SSSR count). The topological polar surface area (TPSA) is 0 Å². The molecule has 0 aliphatic carbocycles. The molecule has 0 atom stereocenters. The number of fused-ring (bicyclic) bond motifs is 1. The zero-order valence-electron chi connectivity index (χ0n) is 6.52. The lowest BCUT2D eigenvalue weighted by Gasteiger charge is -2.02. The lowest BCUT2D eigenvalue weighted by atomic mass is 10.1. The number of hydrogen-bond acceptors (Lipinski definition) is 0. The molecule has 0 N–H and O–H groups in total. The molecule has 0 nitrogen and oxygen atoms in total. The molecular formula is C10H5Br3. The summed E-state index contributed by atoms with van der Waals surface area (Å²) in [6.45, 7) is 0. The van der Waals surface area contributed by atoms with Crippen LogP contribution in [0.4, 0.5) is 0 Å². The SMILES string of the molecule is Brc1cc(Br)c2cc(Br)ccc2c1. The monoisotopic (exact) mass is 362 g/mol. The molecule has 13 heavy (non-hydrogen) atoms. The van der Waals surface area contributed by atoms with E-state index in [9.17, 15) is 0 Å². The Kier molecular flexibility index (Phi) is 2.77. The number of halogens is 3. The van der Waals surface area contributed by atoms with Crippen molar-refractivity contribution in [1.29, 1.82) is 0 Å². The number of hydrogen-bond donors (Lipinski definition) is 0. The van der Waals surface area contributed by atoms with Gasteiger partial charge in [0.2, 0.25) is 0 Å². The fourth-order valence-electron chi connectivity index (χ4n) is 1.25. The normalized spacial score (nSPS) is 10.7. The highest BCUT2D eigenvalue weighted by atomic mass is 79.9. The van der Waals surface area contributed by atoms with Crippen molar-refractivity contribution in [3.05, 3.63) is 43.7 Å². The third-order valence-electron chi connectivity index (χ3n) is 1.83. The van der Waals surface area contributed by atoms with Crippen LogP contribution in [0, 0.1) is 0 Å². The van der Waals surface area contributed by atoms with Crippen LogP contribution in [-0.2, 0) is 0 Å². The molecule has 2 aromatic carbocycles. The second kappa shape index (κ2) is 3.71. The predicted octanol–water partition coefficient (Wildman–Crippen LogP) is 5.13. The summed E-state index contributed by atoms with van der Waals surface area (Å²) in [5.41, 5.74) is 0. The molecule has 0 aliphatic rings. The van der Waals surface area contributed by atoms with Gasteiger partial charge in [-0.2, -0.15) is 0 Å². The molecule has 0 amide bonds. The van der Waals surface area contributed by atoms with Crippen LogP contribution >= 0.6 is 47.8 Å².